The van der Waals surface area contributed by atoms with Crippen LogP contribution in [0.3, 0.4) is 0 Å². The molecule has 0 amide bonds. The van der Waals surface area contributed by atoms with Gasteiger partial charge in [0, 0.05) is 24.4 Å². The molecule has 7 heteroatoms. The second-order valence-electron chi connectivity index (χ2n) is 5.23. The van der Waals surface area contributed by atoms with Crippen molar-refractivity contribution in [3.8, 4) is 11.3 Å². The number of carboxylic acid groups (broad SMARTS) is 1. The van der Waals surface area contributed by atoms with E-state index in [2.05, 4.69) is 15.3 Å². The molecule has 0 atom stereocenters. The summed E-state index contributed by atoms with van der Waals surface area (Å²) < 4.78 is 3.57. The molecule has 0 aliphatic rings. The van der Waals surface area contributed by atoms with Crippen LogP contribution in [-0.4, -0.2) is 35.3 Å². The predicted molar refractivity (Wildman–Crippen MR) is 83.1 cm³/mol. The molecule has 114 valence electrons. The van der Waals surface area contributed by atoms with Crippen LogP contribution in [0.2, 0.25) is 0 Å². The first-order chi connectivity index (χ1) is 11.2. The van der Waals surface area contributed by atoms with Crippen molar-refractivity contribution in [2.75, 3.05) is 0 Å². The molecule has 0 radical (unpaired) electrons. The molecule has 3 heterocycles. The first-order valence-electron chi connectivity index (χ1n) is 7.21. The number of benzene rings is 1. The number of hydrogen-bond acceptors (Lipinski definition) is 4. The predicted octanol–water partition coefficient (Wildman–Crippen LogP) is 2.06. The van der Waals surface area contributed by atoms with Crippen molar-refractivity contribution in [1.29, 1.82) is 0 Å². The molecule has 4 aromatic rings. The van der Waals surface area contributed by atoms with E-state index in [9.17, 15) is 4.79 Å². The lowest BCUT2D eigenvalue weighted by atomic mass is 10.1. The highest BCUT2D eigenvalue weighted by Gasteiger charge is 2.13. The molecule has 0 spiro atoms. The largest absolute Gasteiger partial charge is 0.481 e. The third-order valence-corrected chi connectivity index (χ3v) is 3.72. The zero-order chi connectivity index (χ0) is 15.8. The maximum absolute atomic E-state index is 10.7. The number of aromatic nitrogens is 5. The number of aryl methyl sites for hydroxylation is 1. The van der Waals surface area contributed by atoms with Crippen LogP contribution in [0.5, 0.6) is 0 Å². The van der Waals surface area contributed by atoms with Gasteiger partial charge in [0.2, 0.25) is 0 Å². The zero-order valence-corrected chi connectivity index (χ0v) is 12.1. The highest BCUT2D eigenvalue weighted by Crippen LogP contribution is 2.21. The normalized spacial score (nSPS) is 11.3. The maximum Gasteiger partial charge on any atom is 0.303 e. The molecule has 1 aromatic carbocycles. The third-order valence-electron chi connectivity index (χ3n) is 3.72. The van der Waals surface area contributed by atoms with Gasteiger partial charge in [-0.2, -0.15) is 5.10 Å². The van der Waals surface area contributed by atoms with Gasteiger partial charge >= 0.3 is 5.97 Å². The van der Waals surface area contributed by atoms with Crippen molar-refractivity contribution in [2.45, 2.75) is 12.8 Å². The van der Waals surface area contributed by atoms with Crippen LogP contribution >= 0.6 is 0 Å². The topological polar surface area (TPSA) is 84.8 Å². The lowest BCUT2D eigenvalue weighted by Crippen LogP contribution is -2.02. The smallest absolute Gasteiger partial charge is 0.303 e. The second-order valence-corrected chi connectivity index (χ2v) is 5.23. The van der Waals surface area contributed by atoms with Gasteiger partial charge in [-0.3, -0.25) is 9.20 Å². The molecule has 23 heavy (non-hydrogen) atoms. The summed E-state index contributed by atoms with van der Waals surface area (Å²) in [6, 6.07) is 11.9. The van der Waals surface area contributed by atoms with Crippen molar-refractivity contribution in [2.24, 2.45) is 0 Å². The first-order valence-corrected chi connectivity index (χ1v) is 7.21. The molecule has 7 nitrogen and oxygen atoms in total. The SMILES string of the molecule is O=C(O)CCc1nnc2c3cc(-c4ccccc4)nn3ccn12. The lowest BCUT2D eigenvalue weighted by molar-refractivity contribution is -0.137. The molecule has 0 aliphatic heterocycles. The Balaban J connectivity index is 1.82. The van der Waals surface area contributed by atoms with Crippen molar-refractivity contribution in [1.82, 2.24) is 24.2 Å². The van der Waals surface area contributed by atoms with Crippen LogP contribution in [-0.2, 0) is 11.2 Å². The Hall–Kier alpha value is -3.22. The van der Waals surface area contributed by atoms with Gasteiger partial charge in [-0.05, 0) is 6.07 Å². The van der Waals surface area contributed by atoms with Crippen LogP contribution in [0.1, 0.15) is 12.2 Å². The monoisotopic (exact) mass is 307 g/mol. The van der Waals surface area contributed by atoms with Gasteiger partial charge < -0.3 is 5.11 Å². The number of fused-ring (bicyclic) bond motifs is 3. The number of hydrogen-bond donors (Lipinski definition) is 1. The molecule has 0 bridgehead atoms. The minimum absolute atomic E-state index is 0.0283. The Bertz CT molecular complexity index is 1000. The molecule has 4 rings (SSSR count). The molecule has 3 aromatic heterocycles. The maximum atomic E-state index is 10.7. The van der Waals surface area contributed by atoms with Gasteiger partial charge in [0.25, 0.3) is 0 Å². The Morgan fingerprint density at radius 3 is 2.74 bits per heavy atom. The minimum atomic E-state index is -0.849. The number of carboxylic acids is 1. The first kappa shape index (κ1) is 13.4. The summed E-state index contributed by atoms with van der Waals surface area (Å²) in [5, 5.41) is 21.7. The Kier molecular flexibility index (Phi) is 3.04. The summed E-state index contributed by atoms with van der Waals surface area (Å²) in [6.07, 6.45) is 4.00. The van der Waals surface area contributed by atoms with Gasteiger partial charge in [-0.25, -0.2) is 4.52 Å². The van der Waals surface area contributed by atoms with Crippen LogP contribution in [0.4, 0.5) is 0 Å². The summed E-state index contributed by atoms with van der Waals surface area (Å²) in [6.45, 7) is 0. The quantitative estimate of drug-likeness (QED) is 0.624. The van der Waals surface area contributed by atoms with E-state index >= 15 is 0 Å². The van der Waals surface area contributed by atoms with E-state index in [1.807, 2.05) is 47.0 Å². The van der Waals surface area contributed by atoms with E-state index in [1.165, 1.54) is 0 Å². The molecule has 0 unspecified atom stereocenters. The standard InChI is InChI=1S/C16H13N5O2/c22-15(23)7-6-14-17-18-16-13-10-12(11-4-2-1-3-5-11)19-21(13)9-8-20(14)16/h1-5,8-10H,6-7H2,(H,22,23). The number of aliphatic carboxylic acids is 1. The Morgan fingerprint density at radius 1 is 1.13 bits per heavy atom. The van der Waals surface area contributed by atoms with Crippen LogP contribution in [0.25, 0.3) is 22.4 Å². The average Bonchev–Trinajstić information content (AvgIpc) is 3.17. The minimum Gasteiger partial charge on any atom is -0.481 e. The van der Waals surface area contributed by atoms with Gasteiger partial charge in [-0.15, -0.1) is 10.2 Å². The fraction of sp³-hybridized carbons (Fsp3) is 0.125. The molecule has 0 aliphatic carbocycles. The van der Waals surface area contributed by atoms with Crippen LogP contribution < -0.4 is 0 Å². The zero-order valence-electron chi connectivity index (χ0n) is 12.1. The van der Waals surface area contributed by atoms with Crippen LogP contribution in [0, 0.1) is 0 Å². The van der Waals surface area contributed by atoms with E-state index in [0.717, 1.165) is 16.8 Å². The van der Waals surface area contributed by atoms with Crippen molar-refractivity contribution in [3.05, 3.63) is 54.6 Å². The molecule has 0 saturated heterocycles. The highest BCUT2D eigenvalue weighted by atomic mass is 16.4. The lowest BCUT2D eigenvalue weighted by Gasteiger charge is -1.99. The van der Waals surface area contributed by atoms with Crippen LogP contribution in [0.15, 0.2) is 48.8 Å². The van der Waals surface area contributed by atoms with E-state index in [-0.39, 0.29) is 6.42 Å². The fourth-order valence-electron chi connectivity index (χ4n) is 2.60. The summed E-state index contributed by atoms with van der Waals surface area (Å²) in [5.74, 6) is -0.217. The summed E-state index contributed by atoms with van der Waals surface area (Å²) in [5.41, 5.74) is 3.39. The summed E-state index contributed by atoms with van der Waals surface area (Å²) >= 11 is 0. The average molecular weight is 307 g/mol. The van der Waals surface area contributed by atoms with E-state index in [1.54, 1.807) is 10.7 Å². The molecular formula is C16H13N5O2. The van der Waals surface area contributed by atoms with Gasteiger partial charge in [0.1, 0.15) is 11.3 Å². The molecule has 0 saturated carbocycles. The van der Waals surface area contributed by atoms with Gasteiger partial charge in [-0.1, -0.05) is 30.3 Å². The number of nitrogens with zero attached hydrogens (tertiary/aromatic N) is 5. The Morgan fingerprint density at radius 2 is 1.96 bits per heavy atom. The fourth-order valence-corrected chi connectivity index (χ4v) is 2.60. The molecule has 1 N–H and O–H groups in total. The molecular weight excluding hydrogens is 294 g/mol. The third kappa shape index (κ3) is 2.32. The van der Waals surface area contributed by atoms with Gasteiger partial charge in [0.15, 0.2) is 5.65 Å². The highest BCUT2D eigenvalue weighted by molar-refractivity contribution is 5.76. The number of carbonyl (C=O) groups is 1. The van der Waals surface area contributed by atoms with Crippen molar-refractivity contribution < 1.29 is 9.90 Å². The van der Waals surface area contributed by atoms with Gasteiger partial charge in [0.05, 0.1) is 12.1 Å². The summed E-state index contributed by atoms with van der Waals surface area (Å²) in [7, 11) is 0. The summed E-state index contributed by atoms with van der Waals surface area (Å²) in [4.78, 5) is 10.7. The second kappa shape index (κ2) is 5.20. The molecule has 0 fully saturated rings. The Labute approximate surface area is 130 Å². The van der Waals surface area contributed by atoms with E-state index in [4.69, 9.17) is 5.11 Å². The van der Waals surface area contributed by atoms with Crippen molar-refractivity contribution >= 4 is 17.1 Å². The van der Waals surface area contributed by atoms with E-state index < -0.39 is 5.97 Å². The van der Waals surface area contributed by atoms with E-state index in [0.29, 0.717) is 17.9 Å². The number of rotatable bonds is 4. The van der Waals surface area contributed by atoms with Crippen molar-refractivity contribution in [3.63, 3.8) is 0 Å².